The van der Waals surface area contributed by atoms with E-state index in [0.717, 1.165) is 4.60 Å². The highest BCUT2D eigenvalue weighted by molar-refractivity contribution is 9.10. The van der Waals surface area contributed by atoms with Crippen LogP contribution in [0.4, 0.5) is 0 Å². The number of halogens is 1. The van der Waals surface area contributed by atoms with Crippen LogP contribution in [0, 0.1) is 20.8 Å². The molecule has 2 heteroatoms. The molecule has 13 heavy (non-hydrogen) atoms. The molecular formula is C11H12BrN. The van der Waals surface area contributed by atoms with E-state index >= 15 is 0 Å². The summed E-state index contributed by atoms with van der Waals surface area (Å²) in [5.41, 5.74) is 5.17. The maximum absolute atomic E-state index is 3.51. The molecule has 0 aliphatic heterocycles. The normalized spacial score (nSPS) is 11.1. The predicted octanol–water partition coefficient (Wildman–Crippen LogP) is 3.86. The molecule has 0 amide bonds. The second-order valence-electron chi connectivity index (χ2n) is 3.57. The second kappa shape index (κ2) is 2.88. The average molecular weight is 238 g/mol. The summed E-state index contributed by atoms with van der Waals surface area (Å²) >= 11 is 3.51. The molecule has 1 nitrogen and oxygen atoms in total. The predicted molar refractivity (Wildman–Crippen MR) is 60.2 cm³/mol. The topological polar surface area (TPSA) is 15.8 Å². The SMILES string of the molecule is Cc1cc(C)c2c(C)c(Br)[nH]c2c1. The maximum Gasteiger partial charge on any atom is 0.0860 e. The van der Waals surface area contributed by atoms with Gasteiger partial charge in [-0.25, -0.2) is 0 Å². The fraction of sp³-hybridized carbons (Fsp3) is 0.273. The molecule has 0 atom stereocenters. The number of H-pyrrole nitrogens is 1. The van der Waals surface area contributed by atoms with Gasteiger partial charge in [-0.05, 0) is 59.5 Å². The van der Waals surface area contributed by atoms with Gasteiger partial charge in [-0.3, -0.25) is 0 Å². The minimum Gasteiger partial charge on any atom is -0.349 e. The van der Waals surface area contributed by atoms with Gasteiger partial charge in [0.25, 0.3) is 0 Å². The molecule has 1 aromatic heterocycles. The quantitative estimate of drug-likeness (QED) is 0.717. The Bertz CT molecular complexity index is 468. The van der Waals surface area contributed by atoms with Crippen molar-refractivity contribution in [2.24, 2.45) is 0 Å². The first-order valence-corrected chi connectivity index (χ1v) is 5.14. The molecule has 0 fully saturated rings. The molecule has 2 rings (SSSR count). The average Bonchev–Trinajstić information content (AvgIpc) is 2.27. The fourth-order valence-corrected chi connectivity index (χ4v) is 2.30. The molecule has 1 N–H and O–H groups in total. The summed E-state index contributed by atoms with van der Waals surface area (Å²) in [5, 5.41) is 1.34. The first-order chi connectivity index (χ1) is 6.09. The van der Waals surface area contributed by atoms with Crippen molar-refractivity contribution < 1.29 is 0 Å². The maximum atomic E-state index is 3.51. The van der Waals surface area contributed by atoms with E-state index in [2.05, 4.69) is 53.8 Å². The minimum atomic E-state index is 1.09. The Balaban J connectivity index is 2.94. The molecule has 0 aliphatic rings. The van der Waals surface area contributed by atoms with Crippen molar-refractivity contribution in [3.8, 4) is 0 Å². The van der Waals surface area contributed by atoms with Gasteiger partial charge in [0.2, 0.25) is 0 Å². The van der Waals surface area contributed by atoms with E-state index in [-0.39, 0.29) is 0 Å². The van der Waals surface area contributed by atoms with Crippen LogP contribution >= 0.6 is 15.9 Å². The van der Waals surface area contributed by atoms with E-state index in [1.165, 1.54) is 27.6 Å². The molecular weight excluding hydrogens is 226 g/mol. The minimum absolute atomic E-state index is 1.09. The summed E-state index contributed by atoms with van der Waals surface area (Å²) in [6, 6.07) is 4.40. The zero-order chi connectivity index (χ0) is 9.59. The van der Waals surface area contributed by atoms with Gasteiger partial charge in [-0.15, -0.1) is 0 Å². The molecule has 1 heterocycles. The zero-order valence-corrected chi connectivity index (χ0v) is 9.62. The van der Waals surface area contributed by atoms with E-state index in [9.17, 15) is 0 Å². The third kappa shape index (κ3) is 1.29. The third-order valence-corrected chi connectivity index (χ3v) is 3.22. The Morgan fingerprint density at radius 1 is 1.15 bits per heavy atom. The summed E-state index contributed by atoms with van der Waals surface area (Å²) in [5.74, 6) is 0. The van der Waals surface area contributed by atoms with Crippen molar-refractivity contribution in [3.05, 3.63) is 33.4 Å². The molecule has 0 spiro atoms. The summed E-state index contributed by atoms with van der Waals surface area (Å²) in [4.78, 5) is 3.33. The lowest BCUT2D eigenvalue weighted by atomic mass is 10.1. The van der Waals surface area contributed by atoms with Crippen molar-refractivity contribution in [2.75, 3.05) is 0 Å². The number of aromatic nitrogens is 1. The molecule has 0 aliphatic carbocycles. The number of hydrogen-bond acceptors (Lipinski definition) is 0. The van der Waals surface area contributed by atoms with Crippen LogP contribution in [-0.4, -0.2) is 4.98 Å². The third-order valence-electron chi connectivity index (χ3n) is 2.43. The molecule has 68 valence electrons. The van der Waals surface area contributed by atoms with Gasteiger partial charge in [-0.2, -0.15) is 0 Å². The number of nitrogens with one attached hydrogen (secondary N) is 1. The Kier molecular flexibility index (Phi) is 1.95. The molecule has 0 saturated carbocycles. The highest BCUT2D eigenvalue weighted by Crippen LogP contribution is 2.28. The van der Waals surface area contributed by atoms with E-state index in [1.807, 2.05) is 0 Å². The van der Waals surface area contributed by atoms with Gasteiger partial charge in [0.05, 0.1) is 4.60 Å². The van der Waals surface area contributed by atoms with Crippen LogP contribution in [0.1, 0.15) is 16.7 Å². The lowest BCUT2D eigenvalue weighted by molar-refractivity contribution is 1.35. The molecule has 0 radical (unpaired) electrons. The zero-order valence-electron chi connectivity index (χ0n) is 8.03. The fourth-order valence-electron chi connectivity index (χ4n) is 1.89. The van der Waals surface area contributed by atoms with Crippen LogP contribution in [-0.2, 0) is 0 Å². The highest BCUT2D eigenvalue weighted by atomic mass is 79.9. The van der Waals surface area contributed by atoms with Crippen LogP contribution in [0.3, 0.4) is 0 Å². The van der Waals surface area contributed by atoms with Gasteiger partial charge in [0.1, 0.15) is 0 Å². The number of hydrogen-bond donors (Lipinski definition) is 1. The number of rotatable bonds is 0. The van der Waals surface area contributed by atoms with Gasteiger partial charge in [0.15, 0.2) is 0 Å². The Morgan fingerprint density at radius 3 is 2.54 bits per heavy atom. The number of aromatic amines is 1. The van der Waals surface area contributed by atoms with E-state index in [4.69, 9.17) is 0 Å². The molecule has 0 unspecified atom stereocenters. The van der Waals surface area contributed by atoms with Gasteiger partial charge in [-0.1, -0.05) is 6.07 Å². The lowest BCUT2D eigenvalue weighted by Crippen LogP contribution is -1.79. The van der Waals surface area contributed by atoms with Crippen molar-refractivity contribution in [3.63, 3.8) is 0 Å². The summed E-state index contributed by atoms with van der Waals surface area (Å²) in [6.45, 7) is 6.41. The van der Waals surface area contributed by atoms with Crippen LogP contribution in [0.5, 0.6) is 0 Å². The van der Waals surface area contributed by atoms with Crippen LogP contribution in [0.15, 0.2) is 16.7 Å². The van der Waals surface area contributed by atoms with Crippen molar-refractivity contribution >= 4 is 26.8 Å². The summed E-state index contributed by atoms with van der Waals surface area (Å²) in [6.07, 6.45) is 0. The van der Waals surface area contributed by atoms with Crippen LogP contribution in [0.25, 0.3) is 10.9 Å². The Hall–Kier alpha value is -0.760. The molecule has 1 aromatic carbocycles. The number of fused-ring (bicyclic) bond motifs is 1. The highest BCUT2D eigenvalue weighted by Gasteiger charge is 2.07. The van der Waals surface area contributed by atoms with Gasteiger partial charge < -0.3 is 4.98 Å². The van der Waals surface area contributed by atoms with Crippen molar-refractivity contribution in [2.45, 2.75) is 20.8 Å². The number of benzene rings is 1. The number of aryl methyl sites for hydroxylation is 3. The summed E-state index contributed by atoms with van der Waals surface area (Å²) in [7, 11) is 0. The molecule has 0 bridgehead atoms. The van der Waals surface area contributed by atoms with Gasteiger partial charge in [0, 0.05) is 10.9 Å². The van der Waals surface area contributed by atoms with Crippen molar-refractivity contribution in [1.82, 2.24) is 4.98 Å². The van der Waals surface area contributed by atoms with Crippen LogP contribution in [0.2, 0.25) is 0 Å². The first kappa shape index (κ1) is 8.82. The van der Waals surface area contributed by atoms with Crippen LogP contribution < -0.4 is 0 Å². The standard InChI is InChI=1S/C11H12BrN/c1-6-4-7(2)10-8(3)11(12)13-9(10)5-6/h4-5,13H,1-3H3. The molecule has 2 aromatic rings. The smallest absolute Gasteiger partial charge is 0.0860 e. The van der Waals surface area contributed by atoms with E-state index in [1.54, 1.807) is 0 Å². The van der Waals surface area contributed by atoms with Crippen molar-refractivity contribution in [1.29, 1.82) is 0 Å². The largest absolute Gasteiger partial charge is 0.349 e. The van der Waals surface area contributed by atoms with Gasteiger partial charge >= 0.3 is 0 Å². The van der Waals surface area contributed by atoms with E-state index < -0.39 is 0 Å². The Labute approximate surface area is 86.3 Å². The summed E-state index contributed by atoms with van der Waals surface area (Å²) < 4.78 is 1.09. The Morgan fingerprint density at radius 2 is 1.85 bits per heavy atom. The monoisotopic (exact) mass is 237 g/mol. The lowest BCUT2D eigenvalue weighted by Gasteiger charge is -1.99. The van der Waals surface area contributed by atoms with E-state index in [0.29, 0.717) is 0 Å². The second-order valence-corrected chi connectivity index (χ2v) is 4.36. The molecule has 0 saturated heterocycles. The first-order valence-electron chi connectivity index (χ1n) is 4.34.